The van der Waals surface area contributed by atoms with Crippen LogP contribution in [0.5, 0.6) is 11.5 Å². The minimum atomic E-state index is 0.717. The fourth-order valence-electron chi connectivity index (χ4n) is 2.22. The van der Waals surface area contributed by atoms with Gasteiger partial charge >= 0.3 is 0 Å². The van der Waals surface area contributed by atoms with Gasteiger partial charge in [-0.3, -0.25) is 0 Å². The summed E-state index contributed by atoms with van der Waals surface area (Å²) in [4.78, 5) is 0. The maximum absolute atomic E-state index is 6.05. The highest BCUT2D eigenvalue weighted by atomic mass is 35.5. The Labute approximate surface area is 131 Å². The van der Waals surface area contributed by atoms with Crippen LogP contribution in [-0.4, -0.2) is 6.04 Å². The monoisotopic (exact) mass is 301 g/mol. The molecule has 21 heavy (non-hydrogen) atoms. The first-order chi connectivity index (χ1) is 10.1. The quantitative estimate of drug-likeness (QED) is 0.839. The Morgan fingerprint density at radius 3 is 2.62 bits per heavy atom. The molecule has 3 heteroatoms. The summed E-state index contributed by atoms with van der Waals surface area (Å²) in [6.45, 7) is 4.95. The molecule has 3 rings (SSSR count). The Kier molecular flexibility index (Phi) is 4.18. The van der Waals surface area contributed by atoms with E-state index in [9.17, 15) is 0 Å². The number of hydrogen-bond acceptors (Lipinski definition) is 2. The molecule has 1 saturated carbocycles. The van der Waals surface area contributed by atoms with Crippen molar-refractivity contribution in [3.8, 4) is 11.5 Å². The third-order valence-electron chi connectivity index (χ3n) is 3.78. The largest absolute Gasteiger partial charge is 0.457 e. The van der Waals surface area contributed by atoms with Crippen LogP contribution in [0.4, 0.5) is 0 Å². The third-order valence-corrected chi connectivity index (χ3v) is 4.21. The predicted octanol–water partition coefficient (Wildman–Crippen LogP) is 5.00. The van der Waals surface area contributed by atoms with E-state index in [0.29, 0.717) is 0 Å². The average Bonchev–Trinajstić information content (AvgIpc) is 3.28. The summed E-state index contributed by atoms with van der Waals surface area (Å²) in [7, 11) is 0. The lowest BCUT2D eigenvalue weighted by Crippen LogP contribution is -2.15. The number of benzene rings is 2. The summed E-state index contributed by atoms with van der Waals surface area (Å²) in [6.07, 6.45) is 2.61. The van der Waals surface area contributed by atoms with Crippen molar-refractivity contribution in [2.24, 2.45) is 0 Å². The van der Waals surface area contributed by atoms with E-state index in [0.717, 1.165) is 40.2 Å². The molecule has 0 radical (unpaired) electrons. The Morgan fingerprint density at radius 2 is 1.90 bits per heavy atom. The average molecular weight is 302 g/mol. The maximum atomic E-state index is 6.05. The van der Waals surface area contributed by atoms with Gasteiger partial charge in [0, 0.05) is 17.6 Å². The number of ether oxygens (including phenoxy) is 1. The topological polar surface area (TPSA) is 21.3 Å². The molecular weight excluding hydrogens is 282 g/mol. The van der Waals surface area contributed by atoms with Crippen LogP contribution in [0.1, 0.15) is 29.5 Å². The van der Waals surface area contributed by atoms with Crippen LogP contribution < -0.4 is 10.1 Å². The van der Waals surface area contributed by atoms with Gasteiger partial charge in [-0.05, 0) is 67.6 Å². The van der Waals surface area contributed by atoms with E-state index in [1.54, 1.807) is 0 Å². The molecule has 0 spiro atoms. The molecule has 1 aliphatic rings. The molecule has 0 heterocycles. The standard InChI is InChI=1S/C18H20ClNO/c1-12-3-4-14(11-20-15-5-6-15)10-18(12)21-16-7-8-17(19)13(2)9-16/h3-4,7-10,15,20H,5-6,11H2,1-2H3. The van der Waals surface area contributed by atoms with Crippen LogP contribution >= 0.6 is 11.6 Å². The van der Waals surface area contributed by atoms with Gasteiger partial charge in [-0.15, -0.1) is 0 Å². The lowest BCUT2D eigenvalue weighted by atomic mass is 10.1. The number of halogens is 1. The van der Waals surface area contributed by atoms with Gasteiger partial charge in [-0.2, -0.15) is 0 Å². The van der Waals surface area contributed by atoms with Crippen LogP contribution in [0.15, 0.2) is 36.4 Å². The highest BCUT2D eigenvalue weighted by molar-refractivity contribution is 6.31. The van der Waals surface area contributed by atoms with Crippen molar-refractivity contribution in [3.05, 3.63) is 58.1 Å². The van der Waals surface area contributed by atoms with Gasteiger partial charge in [0.05, 0.1) is 0 Å². The van der Waals surface area contributed by atoms with Crippen molar-refractivity contribution in [1.29, 1.82) is 0 Å². The Hall–Kier alpha value is -1.51. The minimum absolute atomic E-state index is 0.717. The zero-order valence-electron chi connectivity index (χ0n) is 12.4. The predicted molar refractivity (Wildman–Crippen MR) is 87.3 cm³/mol. The first-order valence-electron chi connectivity index (χ1n) is 7.39. The summed E-state index contributed by atoms with van der Waals surface area (Å²) < 4.78 is 6.02. The first kappa shape index (κ1) is 14.4. The Bertz CT molecular complexity index is 650. The van der Waals surface area contributed by atoms with Crippen molar-refractivity contribution < 1.29 is 4.74 Å². The van der Waals surface area contributed by atoms with Gasteiger partial charge in [-0.1, -0.05) is 23.7 Å². The molecule has 1 fully saturated rings. The fourth-order valence-corrected chi connectivity index (χ4v) is 2.34. The zero-order chi connectivity index (χ0) is 14.8. The Balaban J connectivity index is 1.76. The molecule has 2 aromatic rings. The minimum Gasteiger partial charge on any atom is -0.457 e. The van der Waals surface area contributed by atoms with Crippen molar-refractivity contribution >= 4 is 11.6 Å². The van der Waals surface area contributed by atoms with Crippen LogP contribution in [0.3, 0.4) is 0 Å². The number of hydrogen-bond donors (Lipinski definition) is 1. The van der Waals surface area contributed by atoms with Gasteiger partial charge in [0.15, 0.2) is 0 Å². The second kappa shape index (κ2) is 6.08. The molecule has 0 bridgehead atoms. The van der Waals surface area contributed by atoms with E-state index < -0.39 is 0 Å². The molecule has 1 aliphatic carbocycles. The fraction of sp³-hybridized carbons (Fsp3) is 0.333. The molecule has 0 atom stereocenters. The van der Waals surface area contributed by atoms with E-state index in [4.69, 9.17) is 16.3 Å². The summed E-state index contributed by atoms with van der Waals surface area (Å²) in [5.41, 5.74) is 3.42. The SMILES string of the molecule is Cc1cc(Oc2cc(CNC3CC3)ccc2C)ccc1Cl. The molecule has 0 unspecified atom stereocenters. The lowest BCUT2D eigenvalue weighted by Gasteiger charge is -2.12. The van der Waals surface area contributed by atoms with E-state index >= 15 is 0 Å². The van der Waals surface area contributed by atoms with E-state index in [-0.39, 0.29) is 0 Å². The molecule has 2 aromatic carbocycles. The highest BCUT2D eigenvalue weighted by Gasteiger charge is 2.20. The smallest absolute Gasteiger partial charge is 0.130 e. The number of nitrogens with one attached hydrogen (secondary N) is 1. The van der Waals surface area contributed by atoms with Gasteiger partial charge in [0.2, 0.25) is 0 Å². The molecular formula is C18H20ClNO. The van der Waals surface area contributed by atoms with Gasteiger partial charge in [0.1, 0.15) is 11.5 Å². The summed E-state index contributed by atoms with van der Waals surface area (Å²) in [6, 6.07) is 12.9. The van der Waals surface area contributed by atoms with E-state index in [1.165, 1.54) is 18.4 Å². The van der Waals surface area contributed by atoms with Crippen molar-refractivity contribution in [3.63, 3.8) is 0 Å². The summed E-state index contributed by atoms with van der Waals surface area (Å²) in [5, 5.41) is 4.29. The third kappa shape index (κ3) is 3.78. The summed E-state index contributed by atoms with van der Waals surface area (Å²) in [5.74, 6) is 1.74. The van der Waals surface area contributed by atoms with Crippen molar-refractivity contribution in [1.82, 2.24) is 5.32 Å². The summed E-state index contributed by atoms with van der Waals surface area (Å²) >= 11 is 6.05. The molecule has 110 valence electrons. The maximum Gasteiger partial charge on any atom is 0.130 e. The van der Waals surface area contributed by atoms with Crippen LogP contribution in [0.25, 0.3) is 0 Å². The molecule has 0 amide bonds. The van der Waals surface area contributed by atoms with Gasteiger partial charge < -0.3 is 10.1 Å². The van der Waals surface area contributed by atoms with Gasteiger partial charge in [0.25, 0.3) is 0 Å². The molecule has 1 N–H and O–H groups in total. The first-order valence-corrected chi connectivity index (χ1v) is 7.76. The van der Waals surface area contributed by atoms with Crippen molar-refractivity contribution in [2.75, 3.05) is 0 Å². The lowest BCUT2D eigenvalue weighted by molar-refractivity contribution is 0.477. The molecule has 0 aromatic heterocycles. The number of aryl methyl sites for hydroxylation is 2. The van der Waals surface area contributed by atoms with Crippen LogP contribution in [0, 0.1) is 13.8 Å². The normalized spacial score (nSPS) is 14.2. The molecule has 0 saturated heterocycles. The van der Waals surface area contributed by atoms with Crippen LogP contribution in [0.2, 0.25) is 5.02 Å². The second-order valence-corrected chi connectivity index (χ2v) is 6.18. The zero-order valence-corrected chi connectivity index (χ0v) is 13.2. The molecule has 0 aliphatic heterocycles. The van der Waals surface area contributed by atoms with E-state index in [1.807, 2.05) is 25.1 Å². The highest BCUT2D eigenvalue weighted by Crippen LogP contribution is 2.29. The van der Waals surface area contributed by atoms with Crippen molar-refractivity contribution in [2.45, 2.75) is 39.3 Å². The number of rotatable bonds is 5. The molecule has 2 nitrogen and oxygen atoms in total. The second-order valence-electron chi connectivity index (χ2n) is 5.77. The Morgan fingerprint density at radius 1 is 1.10 bits per heavy atom. The van der Waals surface area contributed by atoms with E-state index in [2.05, 4.69) is 30.4 Å². The van der Waals surface area contributed by atoms with Crippen LogP contribution in [-0.2, 0) is 6.54 Å². The van der Waals surface area contributed by atoms with Gasteiger partial charge in [-0.25, -0.2) is 0 Å².